The second-order valence-electron chi connectivity index (χ2n) is 4.53. The predicted octanol–water partition coefficient (Wildman–Crippen LogP) is 1.96. The lowest BCUT2D eigenvalue weighted by Gasteiger charge is -2.21. The number of fused-ring (bicyclic) bond motifs is 1. The highest BCUT2D eigenvalue weighted by atomic mass is 16.6. The Morgan fingerprint density at radius 3 is 2.71 bits per heavy atom. The SMILES string of the molecule is O=C1CC(C2C=Cc3ccccc3C2)C(=O)O1. The number of hydrogen-bond acceptors (Lipinski definition) is 3. The number of ether oxygens (including phenoxy) is 1. The first-order valence-electron chi connectivity index (χ1n) is 5.74. The summed E-state index contributed by atoms with van der Waals surface area (Å²) < 4.78 is 4.60. The van der Waals surface area contributed by atoms with Crippen LogP contribution in [0.4, 0.5) is 0 Å². The van der Waals surface area contributed by atoms with E-state index in [-0.39, 0.29) is 24.2 Å². The molecule has 1 fully saturated rings. The zero-order valence-electron chi connectivity index (χ0n) is 9.26. The summed E-state index contributed by atoms with van der Waals surface area (Å²) in [4.78, 5) is 22.6. The van der Waals surface area contributed by atoms with Gasteiger partial charge in [-0.1, -0.05) is 36.4 Å². The normalized spacial score (nSPS) is 26.8. The number of esters is 2. The Labute approximate surface area is 99.1 Å². The van der Waals surface area contributed by atoms with Crippen molar-refractivity contribution >= 4 is 18.0 Å². The quantitative estimate of drug-likeness (QED) is 0.545. The van der Waals surface area contributed by atoms with Crippen LogP contribution in [0.5, 0.6) is 0 Å². The smallest absolute Gasteiger partial charge is 0.317 e. The highest BCUT2D eigenvalue weighted by Gasteiger charge is 2.38. The van der Waals surface area contributed by atoms with Crippen LogP contribution in [0.25, 0.3) is 6.08 Å². The van der Waals surface area contributed by atoms with Crippen molar-refractivity contribution in [1.29, 1.82) is 0 Å². The van der Waals surface area contributed by atoms with Gasteiger partial charge in [0.1, 0.15) is 0 Å². The molecule has 1 aromatic carbocycles. The van der Waals surface area contributed by atoms with Gasteiger partial charge in [0, 0.05) is 0 Å². The lowest BCUT2D eigenvalue weighted by Crippen LogP contribution is -2.21. The first-order valence-corrected chi connectivity index (χ1v) is 5.74. The molecule has 0 radical (unpaired) electrons. The van der Waals surface area contributed by atoms with E-state index < -0.39 is 5.97 Å². The van der Waals surface area contributed by atoms with Crippen LogP contribution in [0.15, 0.2) is 30.3 Å². The van der Waals surface area contributed by atoms with E-state index in [1.807, 2.05) is 24.3 Å². The summed E-state index contributed by atoms with van der Waals surface area (Å²) in [5.41, 5.74) is 2.42. The fourth-order valence-corrected chi connectivity index (χ4v) is 2.53. The van der Waals surface area contributed by atoms with Gasteiger partial charge in [-0.3, -0.25) is 9.59 Å². The van der Waals surface area contributed by atoms with Gasteiger partial charge in [-0.2, -0.15) is 0 Å². The summed E-state index contributed by atoms with van der Waals surface area (Å²) in [7, 11) is 0. The third kappa shape index (κ3) is 1.78. The van der Waals surface area contributed by atoms with Crippen molar-refractivity contribution in [3.05, 3.63) is 41.5 Å². The van der Waals surface area contributed by atoms with Crippen molar-refractivity contribution in [2.75, 3.05) is 0 Å². The van der Waals surface area contributed by atoms with E-state index in [1.54, 1.807) is 0 Å². The Morgan fingerprint density at radius 2 is 1.94 bits per heavy atom. The molecule has 2 atom stereocenters. The van der Waals surface area contributed by atoms with Crippen LogP contribution >= 0.6 is 0 Å². The van der Waals surface area contributed by atoms with Gasteiger partial charge >= 0.3 is 11.9 Å². The van der Waals surface area contributed by atoms with Gasteiger partial charge in [0.25, 0.3) is 0 Å². The Bertz CT molecular complexity index is 516. The molecule has 86 valence electrons. The van der Waals surface area contributed by atoms with Gasteiger partial charge in [-0.25, -0.2) is 0 Å². The third-order valence-electron chi connectivity index (χ3n) is 3.45. The summed E-state index contributed by atoms with van der Waals surface area (Å²) in [5.74, 6) is -0.979. The second kappa shape index (κ2) is 3.84. The fraction of sp³-hybridized carbons (Fsp3) is 0.286. The highest BCUT2D eigenvalue weighted by molar-refractivity contribution is 5.95. The molecule has 3 heteroatoms. The van der Waals surface area contributed by atoms with E-state index in [9.17, 15) is 9.59 Å². The first-order chi connectivity index (χ1) is 8.24. The molecule has 3 rings (SSSR count). The molecule has 1 heterocycles. The zero-order chi connectivity index (χ0) is 11.8. The van der Waals surface area contributed by atoms with Gasteiger partial charge in [0.2, 0.25) is 0 Å². The van der Waals surface area contributed by atoms with E-state index in [0.29, 0.717) is 0 Å². The molecule has 2 aliphatic rings. The van der Waals surface area contributed by atoms with Crippen LogP contribution in [0.1, 0.15) is 17.5 Å². The van der Waals surface area contributed by atoms with Crippen LogP contribution in [0.3, 0.4) is 0 Å². The molecule has 0 bridgehead atoms. The van der Waals surface area contributed by atoms with Gasteiger partial charge in [-0.15, -0.1) is 0 Å². The summed E-state index contributed by atoms with van der Waals surface area (Å²) in [6.07, 6.45) is 5.07. The van der Waals surface area contributed by atoms with Gasteiger partial charge < -0.3 is 4.74 Å². The summed E-state index contributed by atoms with van der Waals surface area (Å²) >= 11 is 0. The third-order valence-corrected chi connectivity index (χ3v) is 3.45. The van der Waals surface area contributed by atoms with Crippen molar-refractivity contribution < 1.29 is 14.3 Å². The number of carbonyl (C=O) groups is 2. The standard InChI is InChI=1S/C14H12O3/c15-13-8-12(14(16)17-13)11-6-5-9-3-1-2-4-10(9)7-11/h1-6,11-12H,7-8H2. The fourth-order valence-electron chi connectivity index (χ4n) is 2.53. The number of allylic oxidation sites excluding steroid dienone is 1. The lowest BCUT2D eigenvalue weighted by molar-refractivity contribution is -0.153. The molecule has 0 spiro atoms. The number of benzene rings is 1. The van der Waals surface area contributed by atoms with Crippen molar-refractivity contribution in [1.82, 2.24) is 0 Å². The zero-order valence-corrected chi connectivity index (χ0v) is 9.26. The van der Waals surface area contributed by atoms with Crippen LogP contribution in [0, 0.1) is 11.8 Å². The molecule has 1 saturated heterocycles. The molecule has 2 unspecified atom stereocenters. The van der Waals surface area contributed by atoms with Crippen LogP contribution < -0.4 is 0 Å². The van der Waals surface area contributed by atoms with Crippen LogP contribution in [-0.4, -0.2) is 11.9 Å². The molecule has 0 aromatic heterocycles. The van der Waals surface area contributed by atoms with Crippen LogP contribution in [0.2, 0.25) is 0 Å². The Hall–Kier alpha value is -1.90. The molecule has 0 saturated carbocycles. The minimum absolute atomic E-state index is 0.0869. The molecule has 1 aliphatic heterocycles. The number of carbonyl (C=O) groups excluding carboxylic acids is 2. The summed E-state index contributed by atoms with van der Waals surface area (Å²) in [5, 5.41) is 0. The summed E-state index contributed by atoms with van der Waals surface area (Å²) in [6.45, 7) is 0. The largest absolute Gasteiger partial charge is 0.393 e. The minimum Gasteiger partial charge on any atom is -0.393 e. The van der Waals surface area contributed by atoms with Crippen molar-refractivity contribution in [2.45, 2.75) is 12.8 Å². The topological polar surface area (TPSA) is 43.4 Å². The number of rotatable bonds is 1. The molecule has 0 N–H and O–H groups in total. The monoisotopic (exact) mass is 228 g/mol. The summed E-state index contributed by atoms with van der Waals surface area (Å²) in [6, 6.07) is 8.11. The Kier molecular flexibility index (Phi) is 2.32. The van der Waals surface area contributed by atoms with Gasteiger partial charge in [0.15, 0.2) is 0 Å². The van der Waals surface area contributed by atoms with E-state index in [0.717, 1.165) is 6.42 Å². The maximum atomic E-state index is 11.5. The molecule has 1 aromatic rings. The predicted molar refractivity (Wildman–Crippen MR) is 61.9 cm³/mol. The Morgan fingerprint density at radius 1 is 1.12 bits per heavy atom. The average molecular weight is 228 g/mol. The molecular weight excluding hydrogens is 216 g/mol. The molecule has 1 aliphatic carbocycles. The molecule has 3 nitrogen and oxygen atoms in total. The van der Waals surface area contributed by atoms with Crippen molar-refractivity contribution in [3.8, 4) is 0 Å². The Balaban J connectivity index is 1.85. The van der Waals surface area contributed by atoms with Crippen molar-refractivity contribution in [2.24, 2.45) is 11.8 Å². The number of hydrogen-bond donors (Lipinski definition) is 0. The van der Waals surface area contributed by atoms with Crippen LogP contribution in [-0.2, 0) is 20.7 Å². The molecule has 17 heavy (non-hydrogen) atoms. The number of cyclic esters (lactones) is 2. The maximum absolute atomic E-state index is 11.5. The first kappa shape index (κ1) is 10.3. The van der Waals surface area contributed by atoms with Gasteiger partial charge in [-0.05, 0) is 23.5 Å². The maximum Gasteiger partial charge on any atom is 0.317 e. The van der Waals surface area contributed by atoms with E-state index in [4.69, 9.17) is 0 Å². The lowest BCUT2D eigenvalue weighted by atomic mass is 9.81. The second-order valence-corrected chi connectivity index (χ2v) is 4.53. The molecular formula is C14H12O3. The van der Waals surface area contributed by atoms with E-state index in [1.165, 1.54) is 11.1 Å². The average Bonchev–Trinajstić information content (AvgIpc) is 2.68. The highest BCUT2D eigenvalue weighted by Crippen LogP contribution is 2.32. The van der Waals surface area contributed by atoms with E-state index >= 15 is 0 Å². The van der Waals surface area contributed by atoms with Gasteiger partial charge in [0.05, 0.1) is 12.3 Å². The van der Waals surface area contributed by atoms with Crippen molar-refractivity contribution in [3.63, 3.8) is 0 Å². The minimum atomic E-state index is -0.396. The molecule has 0 amide bonds. The van der Waals surface area contributed by atoms with E-state index in [2.05, 4.69) is 16.9 Å².